The summed E-state index contributed by atoms with van der Waals surface area (Å²) in [7, 11) is 0. The third kappa shape index (κ3) is 1.49. The molecule has 0 fully saturated rings. The molecule has 0 unspecified atom stereocenters. The minimum atomic E-state index is -0.575. The van der Waals surface area contributed by atoms with E-state index >= 15 is 0 Å². The molecule has 1 aromatic heterocycles. The quantitative estimate of drug-likeness (QED) is 0.507. The highest BCUT2D eigenvalue weighted by molar-refractivity contribution is 5.82. The highest BCUT2D eigenvalue weighted by Crippen LogP contribution is 2.06. The molecule has 2 nitrogen and oxygen atoms in total. The Morgan fingerprint density at radius 1 is 1.55 bits per heavy atom. The van der Waals surface area contributed by atoms with Crippen molar-refractivity contribution in [3.05, 3.63) is 35.9 Å². The van der Waals surface area contributed by atoms with Crippen LogP contribution in [0.4, 0.5) is 4.39 Å². The maximum Gasteiger partial charge on any atom is 0.213 e. The third-order valence-electron chi connectivity index (χ3n) is 1.31. The van der Waals surface area contributed by atoms with Gasteiger partial charge in [0, 0.05) is 29.6 Å². The van der Waals surface area contributed by atoms with E-state index in [9.17, 15) is 4.39 Å². The monoisotopic (exact) mass is 150 g/mol. The number of aromatic nitrogens is 1. The smallest absolute Gasteiger partial charge is 0.213 e. The van der Waals surface area contributed by atoms with Crippen LogP contribution in [0, 0.1) is 11.4 Å². The minimum absolute atomic E-state index is 0.493. The van der Waals surface area contributed by atoms with Crippen LogP contribution in [0.3, 0.4) is 0 Å². The lowest BCUT2D eigenvalue weighted by Crippen LogP contribution is -1.90. The molecule has 0 atom stereocenters. The standard InChI is InChI=1S/C8H7FN2/c1-2-6-5-11-8(9)3-7(6)4-10/h2-5,10H,1H2. The summed E-state index contributed by atoms with van der Waals surface area (Å²) in [6, 6.07) is 1.20. The molecule has 0 spiro atoms. The molecule has 0 amide bonds. The normalized spacial score (nSPS) is 9.18. The molecule has 3 heteroatoms. The summed E-state index contributed by atoms with van der Waals surface area (Å²) in [4.78, 5) is 3.42. The van der Waals surface area contributed by atoms with Gasteiger partial charge in [-0.05, 0) is 0 Å². The average Bonchev–Trinajstić information content (AvgIpc) is 2.04. The lowest BCUT2D eigenvalue weighted by molar-refractivity contribution is 0.583. The van der Waals surface area contributed by atoms with E-state index in [2.05, 4.69) is 11.6 Å². The van der Waals surface area contributed by atoms with Crippen molar-refractivity contribution in [3.8, 4) is 0 Å². The van der Waals surface area contributed by atoms with Crippen LogP contribution in [0.1, 0.15) is 11.1 Å². The Kier molecular flexibility index (Phi) is 2.11. The van der Waals surface area contributed by atoms with Gasteiger partial charge in [0.25, 0.3) is 0 Å². The summed E-state index contributed by atoms with van der Waals surface area (Å²) in [5.41, 5.74) is 1.16. The number of hydrogen-bond donors (Lipinski definition) is 1. The second-order valence-electron chi connectivity index (χ2n) is 1.98. The summed E-state index contributed by atoms with van der Waals surface area (Å²) in [6.07, 6.45) is 3.96. The summed E-state index contributed by atoms with van der Waals surface area (Å²) in [5.74, 6) is -0.575. The number of nitrogens with zero attached hydrogens (tertiary/aromatic N) is 1. The molecule has 1 N–H and O–H groups in total. The van der Waals surface area contributed by atoms with E-state index in [4.69, 9.17) is 5.41 Å². The largest absolute Gasteiger partial charge is 0.308 e. The summed E-state index contributed by atoms with van der Waals surface area (Å²) in [6.45, 7) is 3.50. The van der Waals surface area contributed by atoms with Crippen molar-refractivity contribution in [2.24, 2.45) is 0 Å². The first kappa shape index (κ1) is 7.60. The Bertz CT molecular complexity index is 294. The Morgan fingerprint density at radius 2 is 2.27 bits per heavy atom. The fourth-order valence-electron chi connectivity index (χ4n) is 0.750. The molecule has 0 bridgehead atoms. The molecule has 0 saturated carbocycles. The van der Waals surface area contributed by atoms with Crippen molar-refractivity contribution in [1.29, 1.82) is 5.41 Å². The van der Waals surface area contributed by atoms with Crippen molar-refractivity contribution in [2.45, 2.75) is 0 Å². The molecule has 1 aromatic rings. The maximum absolute atomic E-state index is 12.4. The Balaban J connectivity index is 3.26. The van der Waals surface area contributed by atoms with Crippen LogP contribution in [0.2, 0.25) is 0 Å². The molecular weight excluding hydrogens is 143 g/mol. The predicted molar refractivity (Wildman–Crippen MR) is 42.2 cm³/mol. The molecule has 56 valence electrons. The molecule has 0 aromatic carbocycles. The zero-order valence-electron chi connectivity index (χ0n) is 5.84. The Hall–Kier alpha value is -1.51. The number of pyridine rings is 1. The van der Waals surface area contributed by atoms with Gasteiger partial charge in [0.15, 0.2) is 0 Å². The lowest BCUT2D eigenvalue weighted by Gasteiger charge is -1.96. The van der Waals surface area contributed by atoms with Crippen LogP contribution >= 0.6 is 0 Å². The van der Waals surface area contributed by atoms with Crippen LogP contribution in [-0.4, -0.2) is 11.2 Å². The SMILES string of the molecule is C=Cc1cnc(F)cc1C=N. The van der Waals surface area contributed by atoms with Crippen LogP contribution in [0.15, 0.2) is 18.8 Å². The molecule has 0 aliphatic heterocycles. The van der Waals surface area contributed by atoms with Crippen molar-refractivity contribution < 1.29 is 4.39 Å². The van der Waals surface area contributed by atoms with E-state index in [0.29, 0.717) is 11.1 Å². The van der Waals surface area contributed by atoms with Gasteiger partial charge in [0.1, 0.15) is 0 Å². The number of hydrogen-bond acceptors (Lipinski definition) is 2. The minimum Gasteiger partial charge on any atom is -0.308 e. The second kappa shape index (κ2) is 3.05. The van der Waals surface area contributed by atoms with E-state index in [1.54, 1.807) is 0 Å². The van der Waals surface area contributed by atoms with Gasteiger partial charge in [-0.25, -0.2) is 4.98 Å². The van der Waals surface area contributed by atoms with Gasteiger partial charge in [0.05, 0.1) is 0 Å². The molecule has 0 aliphatic carbocycles. The first-order chi connectivity index (χ1) is 5.27. The molecular formula is C8H7FN2. The van der Waals surface area contributed by atoms with E-state index in [-0.39, 0.29) is 0 Å². The van der Waals surface area contributed by atoms with Crippen molar-refractivity contribution in [1.82, 2.24) is 4.98 Å². The first-order valence-electron chi connectivity index (χ1n) is 3.06. The summed E-state index contributed by atoms with van der Waals surface area (Å²) < 4.78 is 12.4. The van der Waals surface area contributed by atoms with E-state index in [1.807, 2.05) is 0 Å². The van der Waals surface area contributed by atoms with Crippen LogP contribution < -0.4 is 0 Å². The van der Waals surface area contributed by atoms with E-state index in [1.165, 1.54) is 18.3 Å². The van der Waals surface area contributed by atoms with Crippen LogP contribution in [0.5, 0.6) is 0 Å². The molecule has 0 aliphatic rings. The Morgan fingerprint density at radius 3 is 2.82 bits per heavy atom. The number of nitrogens with one attached hydrogen (secondary N) is 1. The highest BCUT2D eigenvalue weighted by atomic mass is 19.1. The zero-order chi connectivity index (χ0) is 8.27. The van der Waals surface area contributed by atoms with Gasteiger partial charge in [-0.3, -0.25) is 0 Å². The van der Waals surface area contributed by atoms with Crippen molar-refractivity contribution >= 4 is 12.3 Å². The van der Waals surface area contributed by atoms with E-state index in [0.717, 1.165) is 6.21 Å². The van der Waals surface area contributed by atoms with Gasteiger partial charge in [0.2, 0.25) is 5.95 Å². The zero-order valence-corrected chi connectivity index (χ0v) is 5.84. The van der Waals surface area contributed by atoms with Crippen molar-refractivity contribution in [3.63, 3.8) is 0 Å². The van der Waals surface area contributed by atoms with Gasteiger partial charge in [-0.2, -0.15) is 4.39 Å². The number of rotatable bonds is 2. The van der Waals surface area contributed by atoms with Gasteiger partial charge < -0.3 is 5.41 Å². The van der Waals surface area contributed by atoms with Gasteiger partial charge in [-0.15, -0.1) is 0 Å². The molecule has 0 radical (unpaired) electrons. The third-order valence-corrected chi connectivity index (χ3v) is 1.31. The Labute approximate surface area is 63.9 Å². The molecule has 1 heterocycles. The first-order valence-corrected chi connectivity index (χ1v) is 3.06. The summed E-state index contributed by atoms with van der Waals surface area (Å²) in [5, 5.41) is 6.92. The van der Waals surface area contributed by atoms with Crippen LogP contribution in [-0.2, 0) is 0 Å². The highest BCUT2D eigenvalue weighted by Gasteiger charge is 1.97. The lowest BCUT2D eigenvalue weighted by atomic mass is 10.1. The number of halogens is 1. The van der Waals surface area contributed by atoms with E-state index < -0.39 is 5.95 Å². The second-order valence-corrected chi connectivity index (χ2v) is 1.98. The van der Waals surface area contributed by atoms with Crippen molar-refractivity contribution in [2.75, 3.05) is 0 Å². The average molecular weight is 150 g/mol. The fraction of sp³-hybridized carbons (Fsp3) is 0. The molecule has 1 rings (SSSR count). The van der Waals surface area contributed by atoms with Gasteiger partial charge in [-0.1, -0.05) is 12.7 Å². The molecule has 11 heavy (non-hydrogen) atoms. The fourth-order valence-corrected chi connectivity index (χ4v) is 0.750. The van der Waals surface area contributed by atoms with Gasteiger partial charge >= 0.3 is 0 Å². The maximum atomic E-state index is 12.4. The predicted octanol–water partition coefficient (Wildman–Crippen LogP) is 1.86. The molecule has 0 saturated heterocycles. The summed E-state index contributed by atoms with van der Waals surface area (Å²) >= 11 is 0. The topological polar surface area (TPSA) is 36.7 Å². The van der Waals surface area contributed by atoms with Crippen LogP contribution in [0.25, 0.3) is 6.08 Å².